The van der Waals surface area contributed by atoms with Crippen molar-refractivity contribution in [1.82, 2.24) is 15.1 Å². The molecule has 1 amide bonds. The molecule has 6 heteroatoms. The molecule has 0 radical (unpaired) electrons. The van der Waals surface area contributed by atoms with Crippen LogP contribution >= 0.6 is 0 Å². The second-order valence-electron chi connectivity index (χ2n) is 7.34. The maximum atomic E-state index is 11.8. The summed E-state index contributed by atoms with van der Waals surface area (Å²) in [6.07, 6.45) is 1.66. The van der Waals surface area contributed by atoms with Crippen molar-refractivity contribution in [3.8, 4) is 5.75 Å². The molecule has 1 aliphatic rings. The number of benzene rings is 2. The lowest BCUT2D eigenvalue weighted by atomic mass is 10.1. The zero-order valence-corrected chi connectivity index (χ0v) is 17.5. The molecule has 0 spiro atoms. The fraction of sp³-hybridized carbons (Fsp3) is 0.391. The third-order valence-corrected chi connectivity index (χ3v) is 5.17. The van der Waals surface area contributed by atoms with Crippen LogP contribution in [0, 0.1) is 0 Å². The van der Waals surface area contributed by atoms with Crippen LogP contribution in [-0.2, 0) is 24.4 Å². The molecule has 2 aromatic rings. The van der Waals surface area contributed by atoms with Gasteiger partial charge in [0.15, 0.2) is 5.96 Å². The van der Waals surface area contributed by atoms with Gasteiger partial charge in [-0.25, -0.2) is 0 Å². The molecule has 1 heterocycles. The van der Waals surface area contributed by atoms with Crippen molar-refractivity contribution < 1.29 is 9.53 Å². The Morgan fingerprint density at radius 3 is 2.34 bits per heavy atom. The molecule has 0 aliphatic carbocycles. The van der Waals surface area contributed by atoms with Gasteiger partial charge in [-0.05, 0) is 35.2 Å². The molecule has 1 aliphatic heterocycles. The number of hydrogen-bond acceptors (Lipinski definition) is 3. The molecule has 3 rings (SSSR count). The third kappa shape index (κ3) is 5.73. The van der Waals surface area contributed by atoms with Crippen molar-refractivity contribution in [2.75, 3.05) is 27.7 Å². The Labute approximate surface area is 173 Å². The zero-order valence-electron chi connectivity index (χ0n) is 17.5. The Hall–Kier alpha value is -3.02. The van der Waals surface area contributed by atoms with Crippen LogP contribution in [0.1, 0.15) is 29.5 Å². The summed E-state index contributed by atoms with van der Waals surface area (Å²) in [5, 5.41) is 3.41. The van der Waals surface area contributed by atoms with E-state index in [2.05, 4.69) is 51.6 Å². The summed E-state index contributed by atoms with van der Waals surface area (Å²) in [6.45, 7) is 3.03. The van der Waals surface area contributed by atoms with Crippen molar-refractivity contribution in [3.05, 3.63) is 65.2 Å². The molecule has 0 aromatic heterocycles. The smallest absolute Gasteiger partial charge is 0.222 e. The number of rotatable bonds is 7. The first-order chi connectivity index (χ1) is 14.1. The van der Waals surface area contributed by atoms with E-state index in [1.165, 1.54) is 16.7 Å². The highest BCUT2D eigenvalue weighted by molar-refractivity contribution is 5.79. The third-order valence-electron chi connectivity index (χ3n) is 5.17. The number of amides is 1. The average Bonchev–Trinajstić information content (AvgIpc) is 3.14. The molecule has 1 N–H and O–H groups in total. The maximum Gasteiger partial charge on any atom is 0.222 e. The quantitative estimate of drug-likeness (QED) is 0.579. The van der Waals surface area contributed by atoms with E-state index in [0.29, 0.717) is 19.5 Å². The summed E-state index contributed by atoms with van der Waals surface area (Å²) >= 11 is 0. The molecular weight excluding hydrogens is 364 g/mol. The minimum Gasteiger partial charge on any atom is -0.497 e. The molecule has 154 valence electrons. The van der Waals surface area contributed by atoms with Crippen molar-refractivity contribution >= 4 is 11.9 Å². The molecule has 29 heavy (non-hydrogen) atoms. The first-order valence-electron chi connectivity index (χ1n) is 9.99. The van der Waals surface area contributed by atoms with Gasteiger partial charge < -0.3 is 19.9 Å². The summed E-state index contributed by atoms with van der Waals surface area (Å²) in [4.78, 5) is 20.2. The van der Waals surface area contributed by atoms with Crippen LogP contribution in [0.3, 0.4) is 0 Å². The fourth-order valence-corrected chi connectivity index (χ4v) is 3.50. The number of nitrogens with zero attached hydrogens (tertiary/aromatic N) is 3. The van der Waals surface area contributed by atoms with E-state index in [0.717, 1.165) is 31.2 Å². The van der Waals surface area contributed by atoms with Crippen LogP contribution in [0.15, 0.2) is 53.5 Å². The number of carbonyl (C=O) groups excluding carboxylic acids is 1. The van der Waals surface area contributed by atoms with Gasteiger partial charge in [-0.2, -0.15) is 0 Å². The highest BCUT2D eigenvalue weighted by Crippen LogP contribution is 2.15. The molecule has 0 atom stereocenters. The van der Waals surface area contributed by atoms with Crippen LogP contribution in [0.4, 0.5) is 0 Å². The Balaban J connectivity index is 1.50. The van der Waals surface area contributed by atoms with Crippen LogP contribution < -0.4 is 10.1 Å². The SMILES string of the molecule is CN=C(NCc1ccc(CN2CCCC2=O)cc1)N(C)Cc1ccc(OC)cc1. The second kappa shape index (κ2) is 9.96. The van der Waals surface area contributed by atoms with Crippen molar-refractivity contribution in [2.24, 2.45) is 4.99 Å². The number of ether oxygens (including phenoxy) is 1. The number of hydrogen-bond donors (Lipinski definition) is 1. The highest BCUT2D eigenvalue weighted by Gasteiger charge is 2.19. The highest BCUT2D eigenvalue weighted by atomic mass is 16.5. The van der Waals surface area contributed by atoms with Crippen LogP contribution in [-0.4, -0.2) is 49.4 Å². The molecule has 1 saturated heterocycles. The van der Waals surface area contributed by atoms with E-state index in [4.69, 9.17) is 4.74 Å². The van der Waals surface area contributed by atoms with Gasteiger partial charge >= 0.3 is 0 Å². The van der Waals surface area contributed by atoms with E-state index >= 15 is 0 Å². The minimum absolute atomic E-state index is 0.263. The van der Waals surface area contributed by atoms with Crippen molar-refractivity contribution in [3.63, 3.8) is 0 Å². The monoisotopic (exact) mass is 394 g/mol. The van der Waals surface area contributed by atoms with Gasteiger partial charge in [-0.3, -0.25) is 9.79 Å². The Morgan fingerprint density at radius 2 is 1.76 bits per heavy atom. The van der Waals surface area contributed by atoms with E-state index < -0.39 is 0 Å². The van der Waals surface area contributed by atoms with Crippen molar-refractivity contribution in [1.29, 1.82) is 0 Å². The van der Waals surface area contributed by atoms with Gasteiger partial charge in [0.2, 0.25) is 5.91 Å². The molecule has 0 unspecified atom stereocenters. The van der Waals surface area contributed by atoms with Crippen LogP contribution in [0.5, 0.6) is 5.75 Å². The van der Waals surface area contributed by atoms with Gasteiger partial charge in [-0.15, -0.1) is 0 Å². The molecule has 6 nitrogen and oxygen atoms in total. The number of guanidine groups is 1. The Morgan fingerprint density at radius 1 is 1.10 bits per heavy atom. The lowest BCUT2D eigenvalue weighted by molar-refractivity contribution is -0.128. The molecule has 2 aromatic carbocycles. The van der Waals surface area contributed by atoms with E-state index in [9.17, 15) is 4.79 Å². The van der Waals surface area contributed by atoms with E-state index in [-0.39, 0.29) is 5.91 Å². The summed E-state index contributed by atoms with van der Waals surface area (Å²) in [5.74, 6) is 1.96. The minimum atomic E-state index is 0.263. The number of likely N-dealkylation sites (tertiary alicyclic amines) is 1. The molecule has 0 saturated carbocycles. The van der Waals surface area contributed by atoms with Gasteiger partial charge in [0.05, 0.1) is 7.11 Å². The summed E-state index contributed by atoms with van der Waals surface area (Å²) in [6, 6.07) is 16.5. The zero-order chi connectivity index (χ0) is 20.6. The van der Waals surface area contributed by atoms with E-state index in [1.54, 1.807) is 14.2 Å². The summed E-state index contributed by atoms with van der Waals surface area (Å²) in [5.41, 5.74) is 3.54. The molecule has 0 bridgehead atoms. The van der Waals surface area contributed by atoms with Gasteiger partial charge in [-0.1, -0.05) is 36.4 Å². The first-order valence-corrected chi connectivity index (χ1v) is 9.99. The predicted molar refractivity (Wildman–Crippen MR) is 116 cm³/mol. The van der Waals surface area contributed by atoms with Gasteiger partial charge in [0.1, 0.15) is 5.75 Å². The summed E-state index contributed by atoms with van der Waals surface area (Å²) in [7, 11) is 5.49. The van der Waals surface area contributed by atoms with Gasteiger partial charge in [0.25, 0.3) is 0 Å². The number of aliphatic imine (C=N–C) groups is 1. The maximum absolute atomic E-state index is 11.8. The average molecular weight is 395 g/mol. The van der Waals surface area contributed by atoms with Gasteiger partial charge in [0, 0.05) is 46.7 Å². The standard InChI is InChI=1S/C23H30N4O2/c1-24-23(26(2)16-19-10-12-21(29-3)13-11-19)25-15-18-6-8-20(9-7-18)17-27-14-4-5-22(27)28/h6-13H,4-5,14-17H2,1-3H3,(H,24,25). The normalized spacial score (nSPS) is 14.2. The number of nitrogens with one attached hydrogen (secondary N) is 1. The van der Waals surface area contributed by atoms with Crippen LogP contribution in [0.2, 0.25) is 0 Å². The number of carbonyl (C=O) groups is 1. The molecular formula is C23H30N4O2. The largest absolute Gasteiger partial charge is 0.497 e. The van der Waals surface area contributed by atoms with Crippen molar-refractivity contribution in [2.45, 2.75) is 32.5 Å². The van der Waals surface area contributed by atoms with E-state index in [1.807, 2.05) is 24.1 Å². The molecule has 1 fully saturated rings. The predicted octanol–water partition coefficient (Wildman–Crippen LogP) is 3.03. The summed E-state index contributed by atoms with van der Waals surface area (Å²) < 4.78 is 5.21. The fourth-order valence-electron chi connectivity index (χ4n) is 3.50. The topological polar surface area (TPSA) is 57.2 Å². The van der Waals surface area contributed by atoms with Crippen LogP contribution in [0.25, 0.3) is 0 Å². The Kier molecular flexibility index (Phi) is 7.11. The Bertz CT molecular complexity index is 831. The number of methoxy groups -OCH3 is 1. The first kappa shape index (κ1) is 20.7. The second-order valence-corrected chi connectivity index (χ2v) is 7.34. The lowest BCUT2D eigenvalue weighted by Gasteiger charge is -2.22. The lowest BCUT2D eigenvalue weighted by Crippen LogP contribution is -2.38.